The first kappa shape index (κ1) is 14.9. The van der Waals surface area contributed by atoms with E-state index < -0.39 is 0 Å². The highest BCUT2D eigenvalue weighted by atomic mass is 16.1. The third-order valence-electron chi connectivity index (χ3n) is 3.94. The number of hydrogen-bond donors (Lipinski definition) is 2. The number of amides is 1. The Morgan fingerprint density at radius 3 is 2.88 bits per heavy atom. The molecule has 0 spiro atoms. The molecule has 1 amide bonds. The topological polar surface area (TPSA) is 114 Å². The number of carbonyl (C=O) groups excluding carboxylic acids is 1. The van der Waals surface area contributed by atoms with Crippen LogP contribution in [0.2, 0.25) is 0 Å². The summed E-state index contributed by atoms with van der Waals surface area (Å²) in [6.07, 6.45) is 4.33. The maximum Gasteiger partial charge on any atom is 0.275 e. The number of carbonyl (C=O) groups is 1. The summed E-state index contributed by atoms with van der Waals surface area (Å²) >= 11 is 0. The van der Waals surface area contributed by atoms with Gasteiger partial charge in [0.05, 0.1) is 5.39 Å². The number of hydrogen-bond acceptors (Lipinski definition) is 6. The van der Waals surface area contributed by atoms with Crippen molar-refractivity contribution in [3.05, 3.63) is 54.1 Å². The molecular weight excluding hydrogens is 320 g/mol. The van der Waals surface area contributed by atoms with Gasteiger partial charge in [-0.15, -0.1) is 0 Å². The summed E-state index contributed by atoms with van der Waals surface area (Å²) in [5.41, 5.74) is 2.92. The number of rotatable bonds is 3. The van der Waals surface area contributed by atoms with Crippen molar-refractivity contribution in [2.45, 2.75) is 13.8 Å². The van der Waals surface area contributed by atoms with Crippen molar-refractivity contribution in [3.8, 4) is 5.82 Å². The van der Waals surface area contributed by atoms with E-state index in [2.05, 4.69) is 35.3 Å². The summed E-state index contributed by atoms with van der Waals surface area (Å²) in [4.78, 5) is 32.4. The number of pyridine rings is 1. The van der Waals surface area contributed by atoms with Crippen LogP contribution in [0.4, 0.5) is 5.82 Å². The minimum Gasteiger partial charge on any atom is -0.343 e. The number of nitrogens with one attached hydrogen (secondary N) is 2. The molecule has 0 aliphatic heterocycles. The minimum absolute atomic E-state index is 0.254. The van der Waals surface area contributed by atoms with Crippen LogP contribution in [-0.4, -0.2) is 40.6 Å². The molecule has 0 unspecified atom stereocenters. The van der Waals surface area contributed by atoms with Gasteiger partial charge in [-0.05, 0) is 31.5 Å². The number of aromatic amines is 1. The van der Waals surface area contributed by atoms with Crippen LogP contribution >= 0.6 is 0 Å². The van der Waals surface area contributed by atoms with Crippen molar-refractivity contribution in [1.82, 2.24) is 34.7 Å². The van der Waals surface area contributed by atoms with E-state index in [0.29, 0.717) is 17.3 Å². The Balaban J connectivity index is 1.68. The van der Waals surface area contributed by atoms with Crippen LogP contribution in [0.25, 0.3) is 16.9 Å². The van der Waals surface area contributed by atoms with E-state index in [1.54, 1.807) is 18.2 Å². The van der Waals surface area contributed by atoms with Crippen molar-refractivity contribution in [2.24, 2.45) is 0 Å². The van der Waals surface area contributed by atoms with Crippen LogP contribution in [0.5, 0.6) is 0 Å². The first-order valence-corrected chi connectivity index (χ1v) is 7.57. The van der Waals surface area contributed by atoms with E-state index in [1.807, 2.05) is 13.8 Å². The number of aromatic nitrogens is 7. The van der Waals surface area contributed by atoms with Gasteiger partial charge in [0.1, 0.15) is 36.1 Å². The second-order valence-corrected chi connectivity index (χ2v) is 5.50. The first-order valence-electron chi connectivity index (χ1n) is 7.57. The lowest BCUT2D eigenvalue weighted by molar-refractivity contribution is 0.102. The maximum absolute atomic E-state index is 12.6. The summed E-state index contributed by atoms with van der Waals surface area (Å²) in [6, 6.07) is 5.11. The van der Waals surface area contributed by atoms with Crippen LogP contribution in [0.3, 0.4) is 0 Å². The molecule has 25 heavy (non-hydrogen) atoms. The van der Waals surface area contributed by atoms with Gasteiger partial charge in [0.2, 0.25) is 0 Å². The van der Waals surface area contributed by atoms with Crippen molar-refractivity contribution in [3.63, 3.8) is 0 Å². The third-order valence-corrected chi connectivity index (χ3v) is 3.94. The van der Waals surface area contributed by atoms with Gasteiger partial charge in [-0.2, -0.15) is 5.10 Å². The lowest BCUT2D eigenvalue weighted by Gasteiger charge is -2.07. The van der Waals surface area contributed by atoms with Gasteiger partial charge in [-0.3, -0.25) is 4.79 Å². The summed E-state index contributed by atoms with van der Waals surface area (Å²) in [6.45, 7) is 3.91. The molecule has 2 N–H and O–H groups in total. The highest BCUT2D eigenvalue weighted by Gasteiger charge is 2.15. The van der Waals surface area contributed by atoms with Gasteiger partial charge in [0.15, 0.2) is 5.82 Å². The second kappa shape index (κ2) is 5.78. The minimum atomic E-state index is -0.361. The van der Waals surface area contributed by atoms with Gasteiger partial charge >= 0.3 is 0 Å². The zero-order valence-electron chi connectivity index (χ0n) is 13.6. The Morgan fingerprint density at radius 1 is 1.20 bits per heavy atom. The molecule has 4 heterocycles. The van der Waals surface area contributed by atoms with E-state index in [9.17, 15) is 4.79 Å². The smallest absolute Gasteiger partial charge is 0.275 e. The Kier molecular flexibility index (Phi) is 3.46. The standard InChI is InChI=1S/C16H14N8O/c1-9-10(2)21-14-13(9)15(19-7-18-14)23-16(25)11-4-3-5-12(22-11)24-8-17-6-20-24/h3-8H,1-2H3,(H2,18,19,21,23,25). The molecule has 0 radical (unpaired) electrons. The summed E-state index contributed by atoms with van der Waals surface area (Å²) in [5.74, 6) is 0.594. The molecule has 4 rings (SSSR count). The predicted molar refractivity (Wildman–Crippen MR) is 90.5 cm³/mol. The molecule has 4 aromatic heterocycles. The van der Waals surface area contributed by atoms with E-state index in [1.165, 1.54) is 23.7 Å². The first-order chi connectivity index (χ1) is 12.1. The third kappa shape index (κ3) is 2.61. The fourth-order valence-electron chi connectivity index (χ4n) is 2.56. The Morgan fingerprint density at radius 2 is 2.08 bits per heavy atom. The molecule has 0 saturated heterocycles. The second-order valence-electron chi connectivity index (χ2n) is 5.50. The number of nitrogens with zero attached hydrogens (tertiary/aromatic N) is 6. The SMILES string of the molecule is Cc1[nH]c2ncnc(NC(=O)c3cccc(-n4cncn4)n3)c2c1C. The van der Waals surface area contributed by atoms with Crippen molar-refractivity contribution in [2.75, 3.05) is 5.32 Å². The highest BCUT2D eigenvalue weighted by molar-refractivity contribution is 6.07. The van der Waals surface area contributed by atoms with Crippen molar-refractivity contribution in [1.29, 1.82) is 0 Å². The molecule has 9 heteroatoms. The van der Waals surface area contributed by atoms with Gasteiger partial charge in [-0.25, -0.2) is 24.6 Å². The predicted octanol–water partition coefficient (Wildman–Crippen LogP) is 1.80. The molecule has 0 bridgehead atoms. The van der Waals surface area contributed by atoms with Crippen LogP contribution in [0.1, 0.15) is 21.7 Å². The zero-order chi connectivity index (χ0) is 17.4. The molecule has 4 aromatic rings. The van der Waals surface area contributed by atoms with Crippen LogP contribution in [0.15, 0.2) is 37.2 Å². The largest absolute Gasteiger partial charge is 0.343 e. The fourth-order valence-corrected chi connectivity index (χ4v) is 2.56. The lowest BCUT2D eigenvalue weighted by atomic mass is 10.2. The van der Waals surface area contributed by atoms with Crippen LogP contribution < -0.4 is 5.32 Å². The molecule has 0 atom stereocenters. The van der Waals surface area contributed by atoms with E-state index >= 15 is 0 Å². The molecule has 0 saturated carbocycles. The molecule has 124 valence electrons. The van der Waals surface area contributed by atoms with Gasteiger partial charge < -0.3 is 10.3 Å². The molecule has 0 aliphatic rings. The summed E-state index contributed by atoms with van der Waals surface area (Å²) in [7, 11) is 0. The summed E-state index contributed by atoms with van der Waals surface area (Å²) in [5, 5.41) is 7.62. The normalized spacial score (nSPS) is 11.0. The average molecular weight is 334 g/mol. The maximum atomic E-state index is 12.6. The lowest BCUT2D eigenvalue weighted by Crippen LogP contribution is -2.16. The Hall–Kier alpha value is -3.62. The molecular formula is C16H14N8O. The van der Waals surface area contributed by atoms with Crippen molar-refractivity contribution < 1.29 is 4.79 Å². The average Bonchev–Trinajstić information content (AvgIpc) is 3.25. The molecule has 0 aromatic carbocycles. The van der Waals surface area contributed by atoms with E-state index in [-0.39, 0.29) is 11.6 Å². The van der Waals surface area contributed by atoms with Gasteiger partial charge in [0.25, 0.3) is 5.91 Å². The molecule has 0 fully saturated rings. The number of fused-ring (bicyclic) bond motifs is 1. The Labute approximate surface area is 142 Å². The monoisotopic (exact) mass is 334 g/mol. The number of H-pyrrole nitrogens is 1. The van der Waals surface area contributed by atoms with Crippen LogP contribution in [0, 0.1) is 13.8 Å². The number of anilines is 1. The molecule has 0 aliphatic carbocycles. The Bertz CT molecular complexity index is 1070. The van der Waals surface area contributed by atoms with E-state index in [4.69, 9.17) is 0 Å². The molecule has 9 nitrogen and oxygen atoms in total. The van der Waals surface area contributed by atoms with E-state index in [0.717, 1.165) is 16.6 Å². The quantitative estimate of drug-likeness (QED) is 0.590. The van der Waals surface area contributed by atoms with Gasteiger partial charge in [0, 0.05) is 5.69 Å². The highest BCUT2D eigenvalue weighted by Crippen LogP contribution is 2.25. The van der Waals surface area contributed by atoms with Crippen molar-refractivity contribution >= 4 is 22.8 Å². The summed E-state index contributed by atoms with van der Waals surface area (Å²) < 4.78 is 1.49. The van der Waals surface area contributed by atoms with Gasteiger partial charge in [-0.1, -0.05) is 6.07 Å². The van der Waals surface area contributed by atoms with Crippen LogP contribution in [-0.2, 0) is 0 Å². The zero-order valence-corrected chi connectivity index (χ0v) is 13.6. The number of aryl methyl sites for hydroxylation is 2. The fraction of sp³-hybridized carbons (Fsp3) is 0.125.